The maximum absolute atomic E-state index is 13.0. The third-order valence-electron chi connectivity index (χ3n) is 7.04. The van der Waals surface area contributed by atoms with Gasteiger partial charge >= 0.3 is 0 Å². The Hall–Kier alpha value is -5.76. The van der Waals surface area contributed by atoms with Crippen molar-refractivity contribution in [3.05, 3.63) is 127 Å². The summed E-state index contributed by atoms with van der Waals surface area (Å²) in [6.07, 6.45) is 3.28. The Bertz CT molecular complexity index is 1910. The maximum atomic E-state index is 13.0. The fourth-order valence-electron chi connectivity index (χ4n) is 4.93. The summed E-state index contributed by atoms with van der Waals surface area (Å²) in [6.45, 7) is 4.17. The summed E-state index contributed by atoms with van der Waals surface area (Å²) in [7, 11) is 1.57. The van der Waals surface area contributed by atoms with E-state index in [4.69, 9.17) is 20.4 Å². The van der Waals surface area contributed by atoms with Gasteiger partial charge in [-0.25, -0.2) is 15.0 Å². The number of carbonyl (C=O) groups excluding carboxylic acids is 1. The molecule has 0 unspecified atom stereocenters. The Morgan fingerprint density at radius 1 is 0.952 bits per heavy atom. The number of nitrogen functional groups attached to an aromatic ring is 1. The number of amides is 1. The quantitative estimate of drug-likeness (QED) is 0.229. The molecular formula is C34H28N6O2. The number of nitrogens with one attached hydrogen (secondary N) is 1. The van der Waals surface area contributed by atoms with Crippen molar-refractivity contribution in [2.24, 2.45) is 0 Å². The lowest BCUT2D eigenvalue weighted by Gasteiger charge is -2.13. The van der Waals surface area contributed by atoms with Crippen molar-refractivity contribution in [3.8, 4) is 34.1 Å². The molecule has 42 heavy (non-hydrogen) atoms. The Kier molecular flexibility index (Phi) is 7.17. The van der Waals surface area contributed by atoms with E-state index in [9.17, 15) is 4.79 Å². The number of rotatable bonds is 8. The van der Waals surface area contributed by atoms with Crippen molar-refractivity contribution in [1.82, 2.24) is 24.8 Å². The fraction of sp³-hybridized carbons (Fsp3) is 0.0588. The molecule has 3 aromatic heterocycles. The normalized spacial score (nSPS) is 10.9. The molecule has 0 bridgehead atoms. The van der Waals surface area contributed by atoms with Gasteiger partial charge in [0.1, 0.15) is 17.1 Å². The molecule has 0 aliphatic rings. The van der Waals surface area contributed by atoms with Gasteiger partial charge in [-0.05, 0) is 54.1 Å². The second kappa shape index (κ2) is 11.4. The SMILES string of the molecule is C=Cc1c(OC)cccc1C(=O)NCc1ccc(-n2c(-c3cccnc3N)nc3ccc(-c4ccccc4)nc32)cc1. The summed E-state index contributed by atoms with van der Waals surface area (Å²) in [5.41, 5.74) is 13.2. The van der Waals surface area contributed by atoms with Crippen LogP contribution in [-0.4, -0.2) is 32.5 Å². The van der Waals surface area contributed by atoms with Crippen molar-refractivity contribution in [2.45, 2.75) is 6.54 Å². The lowest BCUT2D eigenvalue weighted by Crippen LogP contribution is -2.23. The number of hydrogen-bond acceptors (Lipinski definition) is 6. The van der Waals surface area contributed by atoms with E-state index >= 15 is 0 Å². The molecule has 6 rings (SSSR count). The molecule has 1 amide bonds. The third kappa shape index (κ3) is 4.97. The average molecular weight is 553 g/mol. The average Bonchev–Trinajstić information content (AvgIpc) is 3.42. The minimum Gasteiger partial charge on any atom is -0.496 e. The molecule has 0 saturated heterocycles. The number of aromatic nitrogens is 4. The molecule has 8 nitrogen and oxygen atoms in total. The molecule has 0 spiro atoms. The van der Waals surface area contributed by atoms with Gasteiger partial charge in [0, 0.05) is 29.6 Å². The van der Waals surface area contributed by atoms with Gasteiger partial charge in [0.15, 0.2) is 11.5 Å². The van der Waals surface area contributed by atoms with Crippen LogP contribution in [0.1, 0.15) is 21.5 Å². The highest BCUT2D eigenvalue weighted by Crippen LogP contribution is 2.32. The van der Waals surface area contributed by atoms with E-state index in [-0.39, 0.29) is 5.91 Å². The zero-order valence-electron chi connectivity index (χ0n) is 23.0. The molecule has 0 aliphatic heterocycles. The minimum absolute atomic E-state index is 0.208. The Morgan fingerprint density at radius 3 is 2.50 bits per heavy atom. The van der Waals surface area contributed by atoms with E-state index in [1.807, 2.05) is 83.4 Å². The van der Waals surface area contributed by atoms with Gasteiger partial charge < -0.3 is 15.8 Å². The number of anilines is 1. The summed E-state index contributed by atoms with van der Waals surface area (Å²) in [4.78, 5) is 27.2. The molecule has 3 N–H and O–H groups in total. The molecule has 3 aromatic carbocycles. The maximum Gasteiger partial charge on any atom is 0.252 e. The van der Waals surface area contributed by atoms with Crippen molar-refractivity contribution < 1.29 is 9.53 Å². The lowest BCUT2D eigenvalue weighted by molar-refractivity contribution is 0.0950. The zero-order valence-corrected chi connectivity index (χ0v) is 23.0. The fourth-order valence-corrected chi connectivity index (χ4v) is 4.93. The monoisotopic (exact) mass is 552 g/mol. The Morgan fingerprint density at radius 2 is 1.76 bits per heavy atom. The number of ether oxygens (including phenoxy) is 1. The summed E-state index contributed by atoms with van der Waals surface area (Å²) < 4.78 is 7.36. The van der Waals surface area contributed by atoms with Crippen LogP contribution in [0.3, 0.4) is 0 Å². The predicted molar refractivity (Wildman–Crippen MR) is 166 cm³/mol. The van der Waals surface area contributed by atoms with E-state index in [1.54, 1.807) is 37.6 Å². The molecule has 6 aromatic rings. The molecule has 0 aliphatic carbocycles. The van der Waals surface area contributed by atoms with Crippen LogP contribution < -0.4 is 15.8 Å². The lowest BCUT2D eigenvalue weighted by atomic mass is 10.1. The highest BCUT2D eigenvalue weighted by Gasteiger charge is 2.19. The molecule has 0 saturated carbocycles. The van der Waals surface area contributed by atoms with Crippen LogP contribution >= 0.6 is 0 Å². The number of carbonyl (C=O) groups is 1. The van der Waals surface area contributed by atoms with E-state index in [2.05, 4.69) is 16.9 Å². The summed E-state index contributed by atoms with van der Waals surface area (Å²) in [5.74, 6) is 1.42. The number of fused-ring (bicyclic) bond motifs is 1. The molecule has 8 heteroatoms. The van der Waals surface area contributed by atoms with Crippen molar-refractivity contribution in [1.29, 1.82) is 0 Å². The van der Waals surface area contributed by atoms with E-state index in [0.29, 0.717) is 46.3 Å². The van der Waals surface area contributed by atoms with Gasteiger partial charge in [0.25, 0.3) is 5.91 Å². The van der Waals surface area contributed by atoms with Crippen LogP contribution in [0.15, 0.2) is 110 Å². The molecule has 0 radical (unpaired) electrons. The summed E-state index contributed by atoms with van der Waals surface area (Å²) in [6, 6.07) is 30.9. The number of benzene rings is 3. The van der Waals surface area contributed by atoms with Crippen molar-refractivity contribution >= 4 is 29.0 Å². The number of nitrogens with zero attached hydrogens (tertiary/aromatic N) is 4. The second-order valence-electron chi connectivity index (χ2n) is 9.59. The first-order valence-corrected chi connectivity index (χ1v) is 13.4. The molecular weight excluding hydrogens is 524 g/mol. The van der Waals surface area contributed by atoms with Gasteiger partial charge in [-0.3, -0.25) is 9.36 Å². The number of pyridine rings is 2. The van der Waals surface area contributed by atoms with Crippen LogP contribution in [0.4, 0.5) is 5.82 Å². The molecule has 0 atom stereocenters. The summed E-state index contributed by atoms with van der Waals surface area (Å²) >= 11 is 0. The first-order chi connectivity index (χ1) is 20.6. The third-order valence-corrected chi connectivity index (χ3v) is 7.04. The van der Waals surface area contributed by atoms with Crippen molar-refractivity contribution in [2.75, 3.05) is 12.8 Å². The van der Waals surface area contributed by atoms with E-state index < -0.39 is 0 Å². The number of nitrogens with two attached hydrogens (primary N) is 1. The van der Waals surface area contributed by atoms with Gasteiger partial charge in [0.05, 0.1) is 23.9 Å². The Labute approximate surface area is 243 Å². The number of imidazole rings is 1. The summed E-state index contributed by atoms with van der Waals surface area (Å²) in [5, 5.41) is 3.00. The Balaban J connectivity index is 1.35. The van der Waals surface area contributed by atoms with Gasteiger partial charge in [-0.2, -0.15) is 0 Å². The van der Waals surface area contributed by atoms with Crippen LogP contribution in [-0.2, 0) is 6.54 Å². The minimum atomic E-state index is -0.208. The largest absolute Gasteiger partial charge is 0.496 e. The smallest absolute Gasteiger partial charge is 0.252 e. The van der Waals surface area contributed by atoms with E-state index in [1.165, 1.54) is 0 Å². The first kappa shape index (κ1) is 26.5. The van der Waals surface area contributed by atoms with Crippen molar-refractivity contribution in [3.63, 3.8) is 0 Å². The predicted octanol–water partition coefficient (Wildman–Crippen LogP) is 6.31. The van der Waals surface area contributed by atoms with Crippen LogP contribution in [0, 0.1) is 0 Å². The van der Waals surface area contributed by atoms with Crippen LogP contribution in [0.5, 0.6) is 5.75 Å². The highest BCUT2D eigenvalue weighted by molar-refractivity contribution is 5.98. The van der Waals surface area contributed by atoms with E-state index in [0.717, 1.165) is 28.0 Å². The number of hydrogen-bond donors (Lipinski definition) is 2. The van der Waals surface area contributed by atoms with Gasteiger partial charge in [0.2, 0.25) is 0 Å². The van der Waals surface area contributed by atoms with Gasteiger partial charge in [-0.15, -0.1) is 0 Å². The molecule has 206 valence electrons. The van der Waals surface area contributed by atoms with Gasteiger partial charge in [-0.1, -0.05) is 61.2 Å². The molecule has 3 heterocycles. The van der Waals surface area contributed by atoms with Crippen LogP contribution in [0.25, 0.3) is 45.6 Å². The zero-order chi connectivity index (χ0) is 29.1. The number of methoxy groups -OCH3 is 1. The highest BCUT2D eigenvalue weighted by atomic mass is 16.5. The standard InChI is InChI=1S/C34H28N6O2/c1-3-25-26(11-7-13-30(25)42-2)34(41)37-21-22-14-16-24(17-15-22)40-32(27-12-8-20-36-31(27)35)39-29-19-18-28(38-33(29)40)23-9-5-4-6-10-23/h3-20H,1,21H2,2H3,(H2,35,36)(H,37,41). The molecule has 0 fully saturated rings. The first-order valence-electron chi connectivity index (χ1n) is 13.4. The topological polar surface area (TPSA) is 108 Å². The second-order valence-corrected chi connectivity index (χ2v) is 9.59. The van der Waals surface area contributed by atoms with Crippen LogP contribution in [0.2, 0.25) is 0 Å².